The minimum atomic E-state index is -1.39. The smallest absolute Gasteiger partial charge is 0.320 e. The van der Waals surface area contributed by atoms with Gasteiger partial charge in [0.25, 0.3) is 0 Å². The van der Waals surface area contributed by atoms with Gasteiger partial charge in [-0.2, -0.15) is 0 Å². The number of carboxylic acids is 1. The average molecular weight is 219 g/mol. The first kappa shape index (κ1) is 11.5. The number of nitrogens with two attached hydrogens (primary N) is 1. The SMILES string of the molecule is N[C@H](Cc1cc(F)cc(F)c1F)C(=O)O. The molecular formula is C9H8F3NO2. The van der Waals surface area contributed by atoms with E-state index in [2.05, 4.69) is 0 Å². The number of carboxylic acid groups (broad SMARTS) is 1. The third kappa shape index (κ3) is 2.69. The molecule has 15 heavy (non-hydrogen) atoms. The number of halogens is 3. The Hall–Kier alpha value is -1.56. The molecule has 3 nitrogen and oxygen atoms in total. The topological polar surface area (TPSA) is 63.3 Å². The summed E-state index contributed by atoms with van der Waals surface area (Å²) in [5.74, 6) is -4.96. The highest BCUT2D eigenvalue weighted by atomic mass is 19.2. The van der Waals surface area contributed by atoms with Gasteiger partial charge >= 0.3 is 5.97 Å². The van der Waals surface area contributed by atoms with Gasteiger partial charge in [-0.3, -0.25) is 4.79 Å². The summed E-state index contributed by atoms with van der Waals surface area (Å²) in [4.78, 5) is 10.3. The van der Waals surface area contributed by atoms with E-state index in [0.29, 0.717) is 6.07 Å². The monoisotopic (exact) mass is 219 g/mol. The van der Waals surface area contributed by atoms with Crippen LogP contribution in [-0.4, -0.2) is 17.1 Å². The van der Waals surface area contributed by atoms with Crippen LogP contribution >= 0.6 is 0 Å². The molecule has 82 valence electrons. The Balaban J connectivity index is 2.99. The minimum Gasteiger partial charge on any atom is -0.480 e. The summed E-state index contributed by atoms with van der Waals surface area (Å²) in [7, 11) is 0. The zero-order valence-electron chi connectivity index (χ0n) is 7.51. The largest absolute Gasteiger partial charge is 0.480 e. The van der Waals surface area contributed by atoms with Crippen molar-refractivity contribution in [1.29, 1.82) is 0 Å². The molecule has 0 aromatic heterocycles. The fourth-order valence-electron chi connectivity index (χ4n) is 1.08. The van der Waals surface area contributed by atoms with Gasteiger partial charge in [0.15, 0.2) is 11.6 Å². The number of hydrogen-bond acceptors (Lipinski definition) is 2. The summed E-state index contributed by atoms with van der Waals surface area (Å²) in [6.07, 6.45) is -0.462. The second-order valence-corrected chi connectivity index (χ2v) is 3.01. The van der Waals surface area contributed by atoms with E-state index in [9.17, 15) is 18.0 Å². The van der Waals surface area contributed by atoms with Crippen LogP contribution in [0.25, 0.3) is 0 Å². The van der Waals surface area contributed by atoms with Crippen LogP contribution in [0, 0.1) is 17.5 Å². The van der Waals surface area contributed by atoms with Gasteiger partial charge in [0, 0.05) is 12.5 Å². The molecule has 1 aromatic rings. The molecule has 0 heterocycles. The molecule has 1 rings (SSSR count). The van der Waals surface area contributed by atoms with Crippen LogP contribution in [0.15, 0.2) is 12.1 Å². The molecule has 0 fully saturated rings. The molecule has 6 heteroatoms. The van der Waals surface area contributed by atoms with Crippen molar-refractivity contribution in [2.45, 2.75) is 12.5 Å². The van der Waals surface area contributed by atoms with Crippen molar-refractivity contribution in [3.05, 3.63) is 35.1 Å². The third-order valence-corrected chi connectivity index (χ3v) is 1.83. The lowest BCUT2D eigenvalue weighted by molar-refractivity contribution is -0.138. The Morgan fingerprint density at radius 1 is 1.40 bits per heavy atom. The molecule has 0 spiro atoms. The Morgan fingerprint density at radius 2 is 2.00 bits per heavy atom. The second-order valence-electron chi connectivity index (χ2n) is 3.01. The summed E-state index contributed by atoms with van der Waals surface area (Å²) < 4.78 is 38.4. The van der Waals surface area contributed by atoms with Crippen LogP contribution in [0.3, 0.4) is 0 Å². The predicted octanol–water partition coefficient (Wildman–Crippen LogP) is 1.06. The molecule has 0 saturated carbocycles. The van der Waals surface area contributed by atoms with E-state index in [-0.39, 0.29) is 5.56 Å². The summed E-state index contributed by atoms with van der Waals surface area (Å²) in [5.41, 5.74) is 4.72. The summed E-state index contributed by atoms with van der Waals surface area (Å²) in [6, 6.07) is -0.285. The molecule has 1 atom stereocenters. The first-order chi connectivity index (χ1) is 6.91. The van der Waals surface area contributed by atoms with E-state index < -0.39 is 35.9 Å². The number of hydrogen-bond donors (Lipinski definition) is 2. The maximum absolute atomic E-state index is 13.0. The average Bonchev–Trinajstić information content (AvgIpc) is 2.13. The molecule has 0 amide bonds. The Morgan fingerprint density at radius 3 is 2.53 bits per heavy atom. The predicted molar refractivity (Wildman–Crippen MR) is 45.6 cm³/mol. The molecular weight excluding hydrogens is 211 g/mol. The standard InChI is InChI=1S/C9H8F3NO2/c10-5-1-4(2-7(13)9(14)15)8(12)6(11)3-5/h1,3,7H,2,13H2,(H,14,15)/t7-/m1/s1. The summed E-state index contributed by atoms with van der Waals surface area (Å²) in [6.45, 7) is 0. The Labute approximate surface area is 83.3 Å². The van der Waals surface area contributed by atoms with Gasteiger partial charge in [0.2, 0.25) is 0 Å². The Bertz CT molecular complexity index is 395. The van der Waals surface area contributed by atoms with Crippen molar-refractivity contribution in [2.24, 2.45) is 5.73 Å². The van der Waals surface area contributed by atoms with E-state index in [1.54, 1.807) is 0 Å². The van der Waals surface area contributed by atoms with Crippen molar-refractivity contribution in [3.63, 3.8) is 0 Å². The van der Waals surface area contributed by atoms with Gasteiger partial charge < -0.3 is 10.8 Å². The highest BCUT2D eigenvalue weighted by Crippen LogP contribution is 2.15. The quantitative estimate of drug-likeness (QED) is 0.747. The van der Waals surface area contributed by atoms with Gasteiger partial charge in [-0.25, -0.2) is 13.2 Å². The number of rotatable bonds is 3. The molecule has 0 unspecified atom stereocenters. The van der Waals surface area contributed by atoms with Gasteiger partial charge in [-0.15, -0.1) is 0 Å². The summed E-state index contributed by atoms with van der Waals surface area (Å²) >= 11 is 0. The van der Waals surface area contributed by atoms with Crippen molar-refractivity contribution in [1.82, 2.24) is 0 Å². The maximum atomic E-state index is 13.0. The first-order valence-electron chi connectivity index (χ1n) is 4.03. The molecule has 0 bridgehead atoms. The fourth-order valence-corrected chi connectivity index (χ4v) is 1.08. The zero-order valence-corrected chi connectivity index (χ0v) is 7.51. The number of benzene rings is 1. The fraction of sp³-hybridized carbons (Fsp3) is 0.222. The van der Waals surface area contributed by atoms with E-state index in [1.807, 2.05) is 0 Å². The zero-order chi connectivity index (χ0) is 11.6. The normalized spacial score (nSPS) is 12.5. The highest BCUT2D eigenvalue weighted by Gasteiger charge is 2.17. The van der Waals surface area contributed by atoms with Gasteiger partial charge in [-0.1, -0.05) is 0 Å². The van der Waals surface area contributed by atoms with Gasteiger partial charge in [0.1, 0.15) is 11.9 Å². The highest BCUT2D eigenvalue weighted by molar-refractivity contribution is 5.73. The number of aliphatic carboxylic acids is 1. The molecule has 0 aliphatic carbocycles. The van der Waals surface area contributed by atoms with Crippen LogP contribution in [0.1, 0.15) is 5.56 Å². The second kappa shape index (κ2) is 4.31. The summed E-state index contributed by atoms with van der Waals surface area (Å²) in [5, 5.41) is 8.44. The lowest BCUT2D eigenvalue weighted by atomic mass is 10.1. The lowest BCUT2D eigenvalue weighted by Gasteiger charge is -2.07. The van der Waals surface area contributed by atoms with Crippen LogP contribution in [0.4, 0.5) is 13.2 Å². The van der Waals surface area contributed by atoms with Crippen molar-refractivity contribution < 1.29 is 23.1 Å². The molecule has 0 aliphatic rings. The molecule has 3 N–H and O–H groups in total. The molecule has 1 aromatic carbocycles. The molecule has 0 aliphatic heterocycles. The number of carbonyl (C=O) groups is 1. The van der Waals surface area contributed by atoms with E-state index in [0.717, 1.165) is 6.07 Å². The maximum Gasteiger partial charge on any atom is 0.320 e. The van der Waals surface area contributed by atoms with Crippen LogP contribution < -0.4 is 5.73 Å². The first-order valence-corrected chi connectivity index (χ1v) is 4.03. The van der Waals surface area contributed by atoms with E-state index in [1.165, 1.54) is 0 Å². The van der Waals surface area contributed by atoms with Gasteiger partial charge in [0.05, 0.1) is 0 Å². The Kier molecular flexibility index (Phi) is 3.31. The third-order valence-electron chi connectivity index (χ3n) is 1.83. The van der Waals surface area contributed by atoms with E-state index in [4.69, 9.17) is 10.8 Å². The van der Waals surface area contributed by atoms with Crippen molar-refractivity contribution in [3.8, 4) is 0 Å². The van der Waals surface area contributed by atoms with Crippen LogP contribution in [0.5, 0.6) is 0 Å². The van der Waals surface area contributed by atoms with Crippen LogP contribution in [0.2, 0.25) is 0 Å². The minimum absolute atomic E-state index is 0.380. The molecule has 0 radical (unpaired) electrons. The van der Waals surface area contributed by atoms with Gasteiger partial charge in [-0.05, 0) is 11.6 Å². The van der Waals surface area contributed by atoms with Crippen LogP contribution in [-0.2, 0) is 11.2 Å². The van der Waals surface area contributed by atoms with Crippen molar-refractivity contribution >= 4 is 5.97 Å². The lowest BCUT2D eigenvalue weighted by Crippen LogP contribution is -2.32. The van der Waals surface area contributed by atoms with Crippen molar-refractivity contribution in [2.75, 3.05) is 0 Å². The van der Waals surface area contributed by atoms with E-state index >= 15 is 0 Å². The molecule has 0 saturated heterocycles.